The highest BCUT2D eigenvalue weighted by molar-refractivity contribution is 14.0. The third-order valence-electron chi connectivity index (χ3n) is 5.38. The van der Waals surface area contributed by atoms with Crippen molar-refractivity contribution in [3.05, 3.63) is 0 Å². The first-order valence-corrected chi connectivity index (χ1v) is 8.80. The maximum absolute atomic E-state index is 9.28. The van der Waals surface area contributed by atoms with Crippen LogP contribution in [0.2, 0.25) is 0 Å². The molecule has 3 N–H and O–H groups in total. The number of aliphatic hydroxyl groups is 1. The summed E-state index contributed by atoms with van der Waals surface area (Å²) >= 11 is 0. The van der Waals surface area contributed by atoms with Crippen LogP contribution in [0.4, 0.5) is 0 Å². The van der Waals surface area contributed by atoms with Gasteiger partial charge in [0.1, 0.15) is 0 Å². The van der Waals surface area contributed by atoms with Crippen LogP contribution >= 0.6 is 24.0 Å². The molecular weight excluding hydrogens is 405 g/mol. The van der Waals surface area contributed by atoms with Gasteiger partial charge in [0.15, 0.2) is 5.96 Å². The molecule has 6 heteroatoms. The molecule has 5 nitrogen and oxygen atoms in total. The van der Waals surface area contributed by atoms with Gasteiger partial charge in [0.25, 0.3) is 0 Å². The standard InChI is InChI=1S/C17H33N3O2.HI/c1-14-3-5-15(6-4-14)11-19-16(18-2)20-12-17(7-9-21)8-10-22-13-17;/h14-15,21H,3-13H2,1-2H3,(H2,18,19,20);1H. The van der Waals surface area contributed by atoms with Gasteiger partial charge in [0, 0.05) is 38.8 Å². The Hall–Kier alpha value is -0.0800. The van der Waals surface area contributed by atoms with E-state index in [1.54, 1.807) is 0 Å². The fourth-order valence-corrected chi connectivity index (χ4v) is 3.58. The summed E-state index contributed by atoms with van der Waals surface area (Å²) in [5.74, 6) is 2.55. The van der Waals surface area contributed by atoms with Crippen LogP contribution in [0.3, 0.4) is 0 Å². The van der Waals surface area contributed by atoms with Gasteiger partial charge in [-0.3, -0.25) is 4.99 Å². The second kappa shape index (κ2) is 10.7. The predicted octanol–water partition coefficient (Wildman–Crippen LogP) is 2.38. The minimum atomic E-state index is 0. The molecule has 0 amide bonds. The molecule has 0 radical (unpaired) electrons. The lowest BCUT2D eigenvalue weighted by Crippen LogP contribution is -2.45. The van der Waals surface area contributed by atoms with E-state index in [1.165, 1.54) is 25.7 Å². The molecule has 2 aliphatic rings. The van der Waals surface area contributed by atoms with Gasteiger partial charge in [-0.15, -0.1) is 24.0 Å². The molecule has 2 fully saturated rings. The van der Waals surface area contributed by atoms with E-state index in [9.17, 15) is 5.11 Å². The van der Waals surface area contributed by atoms with Gasteiger partial charge in [-0.1, -0.05) is 19.8 Å². The van der Waals surface area contributed by atoms with Crippen molar-refractivity contribution in [3.63, 3.8) is 0 Å². The number of hydrogen-bond donors (Lipinski definition) is 3. The predicted molar refractivity (Wildman–Crippen MR) is 105 cm³/mol. The molecule has 1 saturated heterocycles. The Bertz CT molecular complexity index is 352. The van der Waals surface area contributed by atoms with Gasteiger partial charge in [-0.2, -0.15) is 0 Å². The van der Waals surface area contributed by atoms with Gasteiger partial charge in [0.05, 0.1) is 6.61 Å². The number of aliphatic imine (C=N–C) groups is 1. The normalized spacial score (nSPS) is 31.5. The molecule has 0 aromatic rings. The minimum Gasteiger partial charge on any atom is -0.396 e. The van der Waals surface area contributed by atoms with E-state index in [0.717, 1.165) is 56.9 Å². The Balaban J connectivity index is 0.00000264. The number of nitrogens with one attached hydrogen (secondary N) is 2. The maximum Gasteiger partial charge on any atom is 0.191 e. The van der Waals surface area contributed by atoms with Crippen molar-refractivity contribution in [1.29, 1.82) is 0 Å². The van der Waals surface area contributed by atoms with E-state index >= 15 is 0 Å². The monoisotopic (exact) mass is 439 g/mol. The number of rotatable bonds is 6. The van der Waals surface area contributed by atoms with Gasteiger partial charge < -0.3 is 20.5 Å². The third kappa shape index (κ3) is 6.74. The fourth-order valence-electron chi connectivity index (χ4n) is 3.58. The summed E-state index contributed by atoms with van der Waals surface area (Å²) in [6.07, 6.45) is 7.17. The molecule has 1 heterocycles. The van der Waals surface area contributed by atoms with E-state index in [4.69, 9.17) is 4.74 Å². The van der Waals surface area contributed by atoms with Crippen LogP contribution in [-0.4, -0.2) is 51.0 Å². The van der Waals surface area contributed by atoms with Crippen molar-refractivity contribution in [3.8, 4) is 0 Å². The third-order valence-corrected chi connectivity index (χ3v) is 5.38. The molecular formula is C17H34IN3O2. The molecule has 0 spiro atoms. The number of guanidine groups is 1. The highest BCUT2D eigenvalue weighted by Crippen LogP contribution is 2.31. The van der Waals surface area contributed by atoms with Crippen molar-refractivity contribution in [2.24, 2.45) is 22.2 Å². The summed E-state index contributed by atoms with van der Waals surface area (Å²) in [5, 5.41) is 16.2. The lowest BCUT2D eigenvalue weighted by Gasteiger charge is -2.29. The van der Waals surface area contributed by atoms with Crippen molar-refractivity contribution < 1.29 is 9.84 Å². The zero-order chi connectivity index (χ0) is 15.8. The number of halogens is 1. The number of nitrogens with zero attached hydrogens (tertiary/aromatic N) is 1. The summed E-state index contributed by atoms with van der Waals surface area (Å²) in [6.45, 7) is 5.93. The lowest BCUT2D eigenvalue weighted by atomic mass is 9.83. The minimum absolute atomic E-state index is 0. The van der Waals surface area contributed by atoms with Crippen LogP contribution in [0.15, 0.2) is 4.99 Å². The zero-order valence-electron chi connectivity index (χ0n) is 14.6. The Morgan fingerprint density at radius 3 is 2.57 bits per heavy atom. The molecule has 1 aliphatic heterocycles. The molecule has 2 rings (SSSR count). The molecule has 1 aliphatic carbocycles. The number of hydrogen-bond acceptors (Lipinski definition) is 3. The van der Waals surface area contributed by atoms with Crippen LogP contribution in [0, 0.1) is 17.3 Å². The first kappa shape index (κ1) is 21.0. The van der Waals surface area contributed by atoms with Crippen LogP contribution in [0.5, 0.6) is 0 Å². The summed E-state index contributed by atoms with van der Waals surface area (Å²) < 4.78 is 5.53. The molecule has 0 aromatic heterocycles. The van der Waals surface area contributed by atoms with Gasteiger partial charge in [0.2, 0.25) is 0 Å². The topological polar surface area (TPSA) is 65.9 Å². The lowest BCUT2D eigenvalue weighted by molar-refractivity contribution is 0.127. The molecule has 1 unspecified atom stereocenters. The Morgan fingerprint density at radius 2 is 2.00 bits per heavy atom. The highest BCUT2D eigenvalue weighted by Gasteiger charge is 2.34. The summed E-state index contributed by atoms with van der Waals surface area (Å²) in [6, 6.07) is 0. The second-order valence-electron chi connectivity index (χ2n) is 7.21. The fraction of sp³-hybridized carbons (Fsp3) is 0.941. The molecule has 0 bridgehead atoms. The van der Waals surface area contributed by atoms with Crippen molar-refractivity contribution in [1.82, 2.24) is 10.6 Å². The average Bonchev–Trinajstić information content (AvgIpc) is 2.98. The van der Waals surface area contributed by atoms with Crippen LogP contribution in [-0.2, 0) is 4.74 Å². The van der Waals surface area contributed by atoms with Crippen LogP contribution in [0.25, 0.3) is 0 Å². The molecule has 1 saturated carbocycles. The molecule has 136 valence electrons. The van der Waals surface area contributed by atoms with Gasteiger partial charge in [-0.25, -0.2) is 0 Å². The summed E-state index contributed by atoms with van der Waals surface area (Å²) in [5.41, 5.74) is 0.0621. The van der Waals surface area contributed by atoms with Crippen LogP contribution in [0.1, 0.15) is 45.4 Å². The Morgan fingerprint density at radius 1 is 1.26 bits per heavy atom. The van der Waals surface area contributed by atoms with E-state index in [2.05, 4.69) is 22.5 Å². The summed E-state index contributed by atoms with van der Waals surface area (Å²) in [4.78, 5) is 4.33. The Kier molecular flexibility index (Phi) is 9.77. The molecule has 1 atom stereocenters. The SMILES string of the molecule is CN=C(NCC1CCC(C)CC1)NCC1(CCO)CCOC1.I. The zero-order valence-corrected chi connectivity index (χ0v) is 17.0. The second-order valence-corrected chi connectivity index (χ2v) is 7.21. The molecule has 23 heavy (non-hydrogen) atoms. The van der Waals surface area contributed by atoms with E-state index < -0.39 is 0 Å². The van der Waals surface area contributed by atoms with Gasteiger partial charge in [-0.05, 0) is 37.5 Å². The van der Waals surface area contributed by atoms with E-state index in [1.807, 2.05) is 7.05 Å². The first-order chi connectivity index (χ1) is 10.7. The number of aliphatic hydroxyl groups excluding tert-OH is 1. The van der Waals surface area contributed by atoms with Crippen molar-refractivity contribution in [2.45, 2.75) is 45.4 Å². The Labute approximate surface area is 158 Å². The van der Waals surface area contributed by atoms with Gasteiger partial charge >= 0.3 is 0 Å². The van der Waals surface area contributed by atoms with Crippen LogP contribution < -0.4 is 10.6 Å². The highest BCUT2D eigenvalue weighted by atomic mass is 127. The summed E-state index contributed by atoms with van der Waals surface area (Å²) in [7, 11) is 1.82. The van der Waals surface area contributed by atoms with Crippen molar-refractivity contribution >= 4 is 29.9 Å². The van der Waals surface area contributed by atoms with E-state index in [0.29, 0.717) is 0 Å². The van der Waals surface area contributed by atoms with E-state index in [-0.39, 0.29) is 36.0 Å². The smallest absolute Gasteiger partial charge is 0.191 e. The maximum atomic E-state index is 9.28. The first-order valence-electron chi connectivity index (χ1n) is 8.80. The number of ether oxygens (including phenoxy) is 1. The quantitative estimate of drug-likeness (QED) is 0.338. The largest absolute Gasteiger partial charge is 0.396 e. The average molecular weight is 439 g/mol. The van der Waals surface area contributed by atoms with Crippen molar-refractivity contribution in [2.75, 3.05) is 40.0 Å². The molecule has 0 aromatic carbocycles.